The summed E-state index contributed by atoms with van der Waals surface area (Å²) >= 11 is 17.4. The Bertz CT molecular complexity index is 626. The highest BCUT2D eigenvalue weighted by Crippen LogP contribution is 2.26. The third kappa shape index (κ3) is 2.66. The van der Waals surface area contributed by atoms with Gasteiger partial charge in [-0.2, -0.15) is 0 Å². The monoisotopic (exact) mass is 302 g/mol. The molecule has 0 N–H and O–H groups in total. The fraction of sp³-hybridized carbons (Fsp3) is 0. The van der Waals surface area contributed by atoms with Gasteiger partial charge in [-0.15, -0.1) is 0 Å². The average Bonchev–Trinajstić information content (AvgIpc) is 2.35. The average molecular weight is 304 g/mol. The third-order valence-electron chi connectivity index (χ3n) is 2.35. The van der Waals surface area contributed by atoms with Gasteiger partial charge in [-0.3, -0.25) is 4.79 Å². The summed E-state index contributed by atoms with van der Waals surface area (Å²) in [6.07, 6.45) is 0. The van der Waals surface area contributed by atoms with Crippen molar-refractivity contribution in [3.63, 3.8) is 0 Å². The molecular weight excluding hydrogens is 297 g/mol. The van der Waals surface area contributed by atoms with Crippen molar-refractivity contribution < 1.29 is 9.18 Å². The van der Waals surface area contributed by atoms with Crippen LogP contribution >= 0.6 is 34.8 Å². The van der Waals surface area contributed by atoms with Crippen molar-refractivity contribution in [1.29, 1.82) is 0 Å². The van der Waals surface area contributed by atoms with E-state index >= 15 is 0 Å². The van der Waals surface area contributed by atoms with Gasteiger partial charge in [0.15, 0.2) is 5.78 Å². The molecule has 0 aliphatic heterocycles. The molecule has 5 heteroatoms. The quantitative estimate of drug-likeness (QED) is 0.712. The van der Waals surface area contributed by atoms with E-state index in [2.05, 4.69) is 0 Å². The SMILES string of the molecule is O=C(c1ccc(Cl)c(Cl)c1)c1cc(F)ccc1Cl. The van der Waals surface area contributed by atoms with E-state index in [-0.39, 0.29) is 15.6 Å². The van der Waals surface area contributed by atoms with E-state index in [1.165, 1.54) is 30.3 Å². The van der Waals surface area contributed by atoms with E-state index < -0.39 is 11.6 Å². The fourth-order valence-electron chi connectivity index (χ4n) is 1.46. The normalized spacial score (nSPS) is 10.4. The molecule has 2 aromatic rings. The van der Waals surface area contributed by atoms with Gasteiger partial charge in [0, 0.05) is 11.1 Å². The van der Waals surface area contributed by atoms with Crippen LogP contribution in [0.15, 0.2) is 36.4 Å². The second-order valence-corrected chi connectivity index (χ2v) is 4.80. The van der Waals surface area contributed by atoms with Crippen LogP contribution in [0.3, 0.4) is 0 Å². The minimum absolute atomic E-state index is 0.0926. The summed E-state index contributed by atoms with van der Waals surface area (Å²) in [7, 11) is 0. The van der Waals surface area contributed by atoms with Gasteiger partial charge in [-0.1, -0.05) is 34.8 Å². The summed E-state index contributed by atoms with van der Waals surface area (Å²) in [4.78, 5) is 12.1. The molecule has 0 amide bonds. The lowest BCUT2D eigenvalue weighted by Gasteiger charge is -2.05. The minimum atomic E-state index is -0.525. The van der Waals surface area contributed by atoms with Crippen LogP contribution in [0.25, 0.3) is 0 Å². The van der Waals surface area contributed by atoms with Crippen molar-refractivity contribution in [3.8, 4) is 0 Å². The van der Waals surface area contributed by atoms with Gasteiger partial charge in [-0.05, 0) is 36.4 Å². The Labute approximate surface area is 118 Å². The molecule has 0 aromatic heterocycles. The zero-order valence-corrected chi connectivity index (χ0v) is 11.2. The molecule has 0 spiro atoms. The van der Waals surface area contributed by atoms with Gasteiger partial charge in [0.2, 0.25) is 0 Å². The van der Waals surface area contributed by atoms with Crippen molar-refractivity contribution in [1.82, 2.24) is 0 Å². The molecule has 0 saturated heterocycles. The highest BCUT2D eigenvalue weighted by atomic mass is 35.5. The van der Waals surface area contributed by atoms with E-state index in [9.17, 15) is 9.18 Å². The van der Waals surface area contributed by atoms with Crippen LogP contribution in [-0.4, -0.2) is 5.78 Å². The van der Waals surface area contributed by atoms with Gasteiger partial charge in [-0.25, -0.2) is 4.39 Å². The number of rotatable bonds is 2. The maximum atomic E-state index is 13.1. The standard InChI is InChI=1S/C13H6Cl3FO/c14-10-4-2-8(17)6-9(10)13(18)7-1-3-11(15)12(16)5-7/h1-6H. The van der Waals surface area contributed by atoms with Crippen molar-refractivity contribution in [2.75, 3.05) is 0 Å². The van der Waals surface area contributed by atoms with Crippen molar-refractivity contribution in [3.05, 3.63) is 68.4 Å². The highest BCUT2D eigenvalue weighted by Gasteiger charge is 2.14. The van der Waals surface area contributed by atoms with Crippen LogP contribution in [0.5, 0.6) is 0 Å². The summed E-state index contributed by atoms with van der Waals surface area (Å²) in [6, 6.07) is 8.05. The summed E-state index contributed by atoms with van der Waals surface area (Å²) in [5, 5.41) is 0.793. The Kier molecular flexibility index (Phi) is 3.91. The topological polar surface area (TPSA) is 17.1 Å². The molecule has 0 bridgehead atoms. The summed E-state index contributed by atoms with van der Waals surface area (Å²) < 4.78 is 13.1. The summed E-state index contributed by atoms with van der Waals surface area (Å²) in [5.41, 5.74) is 0.395. The summed E-state index contributed by atoms with van der Waals surface area (Å²) in [5.74, 6) is -0.930. The lowest BCUT2D eigenvalue weighted by Crippen LogP contribution is -2.02. The van der Waals surface area contributed by atoms with Crippen LogP contribution in [0.4, 0.5) is 4.39 Å². The van der Waals surface area contributed by atoms with Crippen LogP contribution < -0.4 is 0 Å². The van der Waals surface area contributed by atoms with E-state index in [1.807, 2.05) is 0 Å². The van der Waals surface area contributed by atoms with E-state index in [0.29, 0.717) is 10.6 Å². The molecule has 18 heavy (non-hydrogen) atoms. The predicted octanol–water partition coefficient (Wildman–Crippen LogP) is 5.02. The molecule has 0 fully saturated rings. The lowest BCUT2D eigenvalue weighted by molar-refractivity contribution is 0.103. The lowest BCUT2D eigenvalue weighted by atomic mass is 10.0. The molecule has 0 saturated carbocycles. The number of carbonyl (C=O) groups is 1. The first kappa shape index (κ1) is 13.3. The Hall–Kier alpha value is -1.09. The molecule has 0 radical (unpaired) electrons. The van der Waals surface area contributed by atoms with Crippen LogP contribution in [0.2, 0.25) is 15.1 Å². The van der Waals surface area contributed by atoms with Gasteiger partial charge >= 0.3 is 0 Å². The van der Waals surface area contributed by atoms with Gasteiger partial charge in [0.1, 0.15) is 5.82 Å². The molecule has 0 aliphatic rings. The number of ketones is 1. The number of hydrogen-bond acceptors (Lipinski definition) is 1. The highest BCUT2D eigenvalue weighted by molar-refractivity contribution is 6.42. The van der Waals surface area contributed by atoms with Crippen LogP contribution in [0.1, 0.15) is 15.9 Å². The second-order valence-electron chi connectivity index (χ2n) is 3.58. The Morgan fingerprint density at radius 1 is 0.889 bits per heavy atom. The van der Waals surface area contributed by atoms with Gasteiger partial charge < -0.3 is 0 Å². The third-order valence-corrected chi connectivity index (χ3v) is 3.42. The zero-order valence-electron chi connectivity index (χ0n) is 8.88. The number of benzene rings is 2. The molecule has 0 atom stereocenters. The Morgan fingerprint density at radius 2 is 1.56 bits per heavy atom. The largest absolute Gasteiger partial charge is 0.289 e. The number of carbonyl (C=O) groups excluding carboxylic acids is 1. The Morgan fingerprint density at radius 3 is 2.22 bits per heavy atom. The van der Waals surface area contributed by atoms with E-state index in [0.717, 1.165) is 6.07 Å². The van der Waals surface area contributed by atoms with Gasteiger partial charge in [0.05, 0.1) is 15.1 Å². The molecule has 0 heterocycles. The molecule has 1 nitrogen and oxygen atoms in total. The van der Waals surface area contributed by atoms with Crippen LogP contribution in [0, 0.1) is 5.82 Å². The maximum Gasteiger partial charge on any atom is 0.194 e. The zero-order chi connectivity index (χ0) is 13.3. The molecule has 0 aliphatic carbocycles. The van der Waals surface area contributed by atoms with Crippen molar-refractivity contribution >= 4 is 40.6 Å². The molecule has 92 valence electrons. The first-order valence-electron chi connectivity index (χ1n) is 4.94. The molecule has 2 rings (SSSR count). The smallest absolute Gasteiger partial charge is 0.194 e. The molecule has 2 aromatic carbocycles. The minimum Gasteiger partial charge on any atom is -0.289 e. The molecule has 0 unspecified atom stereocenters. The fourth-order valence-corrected chi connectivity index (χ4v) is 1.97. The Balaban J connectivity index is 2.47. The second kappa shape index (κ2) is 5.27. The van der Waals surface area contributed by atoms with Gasteiger partial charge in [0.25, 0.3) is 0 Å². The predicted molar refractivity (Wildman–Crippen MR) is 71.3 cm³/mol. The number of hydrogen-bond donors (Lipinski definition) is 0. The van der Waals surface area contributed by atoms with E-state index in [4.69, 9.17) is 34.8 Å². The molecular formula is C13H6Cl3FO. The van der Waals surface area contributed by atoms with E-state index in [1.54, 1.807) is 0 Å². The van der Waals surface area contributed by atoms with Crippen molar-refractivity contribution in [2.45, 2.75) is 0 Å². The number of halogens is 4. The maximum absolute atomic E-state index is 13.1. The first-order valence-corrected chi connectivity index (χ1v) is 6.07. The van der Waals surface area contributed by atoms with Crippen LogP contribution in [-0.2, 0) is 0 Å². The van der Waals surface area contributed by atoms with Crippen molar-refractivity contribution in [2.24, 2.45) is 0 Å². The first-order chi connectivity index (χ1) is 8.49. The summed E-state index contributed by atoms with van der Waals surface area (Å²) in [6.45, 7) is 0.